The summed E-state index contributed by atoms with van der Waals surface area (Å²) in [5.41, 5.74) is 0.142. The molecule has 1 aromatic rings. The average molecular weight is 267 g/mol. The Morgan fingerprint density at radius 3 is 2.94 bits per heavy atom. The zero-order chi connectivity index (χ0) is 12.8. The second kappa shape index (κ2) is 4.48. The molecule has 0 saturated carbocycles. The van der Waals surface area contributed by atoms with Crippen LogP contribution in [0.25, 0.3) is 0 Å². The van der Waals surface area contributed by atoms with E-state index >= 15 is 0 Å². The Bertz CT molecular complexity index is 436. The van der Waals surface area contributed by atoms with E-state index in [1.165, 1.54) is 12.8 Å². The minimum absolute atomic E-state index is 0.216. The summed E-state index contributed by atoms with van der Waals surface area (Å²) in [4.78, 5) is 6.49. The van der Waals surface area contributed by atoms with Gasteiger partial charge in [0.05, 0.1) is 0 Å². The third-order valence-electron chi connectivity index (χ3n) is 4.71. The molecule has 2 aliphatic heterocycles. The Kier molecular flexibility index (Phi) is 3.08. The number of fused-ring (bicyclic) bond motifs is 2. The number of nitrogens with zero attached hydrogens (tertiary/aromatic N) is 2. The first kappa shape index (κ1) is 12.4. The summed E-state index contributed by atoms with van der Waals surface area (Å²) >= 11 is 5.83. The summed E-state index contributed by atoms with van der Waals surface area (Å²) in [5, 5.41) is 11.6. The van der Waals surface area contributed by atoms with Crippen molar-refractivity contribution in [2.24, 2.45) is 0 Å². The van der Waals surface area contributed by atoms with E-state index in [2.05, 4.69) is 16.9 Å². The van der Waals surface area contributed by atoms with Crippen LogP contribution in [0.5, 0.6) is 0 Å². The lowest BCUT2D eigenvalue weighted by molar-refractivity contribution is -0.0358. The summed E-state index contributed by atoms with van der Waals surface area (Å²) in [5.74, 6) is 0. The molecular weight excluding hydrogens is 248 g/mol. The van der Waals surface area contributed by atoms with E-state index in [0.717, 1.165) is 24.8 Å². The molecule has 3 nitrogen and oxygen atoms in total. The number of hydrogen-bond acceptors (Lipinski definition) is 3. The average Bonchev–Trinajstić information content (AvgIpc) is 2.65. The third kappa shape index (κ3) is 1.85. The lowest BCUT2D eigenvalue weighted by Gasteiger charge is -2.37. The molecule has 2 saturated heterocycles. The topological polar surface area (TPSA) is 36.4 Å². The quantitative estimate of drug-likeness (QED) is 0.794. The lowest BCUT2D eigenvalue weighted by atomic mass is 9.81. The molecule has 2 aliphatic rings. The molecule has 0 amide bonds. The summed E-state index contributed by atoms with van der Waals surface area (Å²) in [6.07, 6.45) is 7.09. The van der Waals surface area contributed by atoms with Gasteiger partial charge in [-0.2, -0.15) is 0 Å². The lowest BCUT2D eigenvalue weighted by Crippen LogP contribution is -2.46. The van der Waals surface area contributed by atoms with E-state index < -0.39 is 5.60 Å². The van der Waals surface area contributed by atoms with Crippen LogP contribution >= 0.6 is 11.6 Å². The largest absolute Gasteiger partial charge is 0.383 e. The fraction of sp³-hybridized carbons (Fsp3) is 0.643. The van der Waals surface area contributed by atoms with Crippen molar-refractivity contribution in [3.63, 3.8) is 0 Å². The maximum atomic E-state index is 11.1. The van der Waals surface area contributed by atoms with E-state index in [9.17, 15) is 5.11 Å². The molecule has 2 fully saturated rings. The highest BCUT2D eigenvalue weighted by molar-refractivity contribution is 6.29. The maximum absolute atomic E-state index is 11.1. The molecule has 1 aromatic heterocycles. The summed E-state index contributed by atoms with van der Waals surface area (Å²) < 4.78 is 0. The van der Waals surface area contributed by atoms with Gasteiger partial charge < -0.3 is 5.11 Å². The molecule has 18 heavy (non-hydrogen) atoms. The van der Waals surface area contributed by atoms with Crippen LogP contribution in [-0.2, 0) is 5.60 Å². The molecule has 0 aliphatic carbocycles. The zero-order valence-electron chi connectivity index (χ0n) is 10.6. The predicted molar refractivity (Wildman–Crippen MR) is 71.6 cm³/mol. The molecular formula is C14H19ClN2O. The normalized spacial score (nSPS) is 36.6. The molecule has 0 radical (unpaired) electrons. The molecule has 98 valence electrons. The van der Waals surface area contributed by atoms with Crippen LogP contribution in [-0.4, -0.2) is 34.1 Å². The smallest absolute Gasteiger partial charge is 0.129 e. The van der Waals surface area contributed by atoms with E-state index in [1.54, 1.807) is 12.3 Å². The second-order valence-electron chi connectivity index (χ2n) is 5.60. The Morgan fingerprint density at radius 2 is 2.22 bits per heavy atom. The van der Waals surface area contributed by atoms with Crippen molar-refractivity contribution < 1.29 is 5.11 Å². The van der Waals surface area contributed by atoms with Crippen molar-refractivity contribution in [2.45, 2.75) is 49.8 Å². The Morgan fingerprint density at radius 1 is 1.39 bits per heavy atom. The highest BCUT2D eigenvalue weighted by Gasteiger charge is 2.47. The molecule has 2 bridgehead atoms. The van der Waals surface area contributed by atoms with Gasteiger partial charge in [0.1, 0.15) is 10.8 Å². The van der Waals surface area contributed by atoms with Crippen LogP contribution < -0.4 is 0 Å². The Labute approximate surface area is 113 Å². The summed E-state index contributed by atoms with van der Waals surface area (Å²) in [6, 6.07) is 4.55. The number of aromatic nitrogens is 1. The van der Waals surface area contributed by atoms with E-state index in [1.807, 2.05) is 6.07 Å². The molecule has 3 heterocycles. The Hall–Kier alpha value is -0.640. The van der Waals surface area contributed by atoms with Crippen molar-refractivity contribution in [1.29, 1.82) is 0 Å². The highest BCUT2D eigenvalue weighted by atomic mass is 35.5. The van der Waals surface area contributed by atoms with Gasteiger partial charge in [-0.1, -0.05) is 17.7 Å². The van der Waals surface area contributed by atoms with Crippen LogP contribution in [0.4, 0.5) is 0 Å². The third-order valence-corrected chi connectivity index (χ3v) is 4.94. The predicted octanol–water partition coefficient (Wildman–Crippen LogP) is 2.57. The molecule has 0 spiro atoms. The first-order valence-electron chi connectivity index (χ1n) is 6.67. The van der Waals surface area contributed by atoms with Crippen molar-refractivity contribution in [1.82, 2.24) is 9.88 Å². The molecule has 0 aromatic carbocycles. The second-order valence-corrected chi connectivity index (χ2v) is 5.99. The van der Waals surface area contributed by atoms with Gasteiger partial charge in [-0.05, 0) is 45.2 Å². The fourth-order valence-corrected chi connectivity index (χ4v) is 3.79. The number of aliphatic hydroxyl groups is 1. The highest BCUT2D eigenvalue weighted by Crippen LogP contribution is 2.44. The first-order valence-corrected chi connectivity index (χ1v) is 7.05. The molecule has 1 N–H and O–H groups in total. The van der Waals surface area contributed by atoms with Crippen LogP contribution in [0.15, 0.2) is 18.3 Å². The van der Waals surface area contributed by atoms with Gasteiger partial charge in [0, 0.05) is 23.8 Å². The van der Waals surface area contributed by atoms with Crippen molar-refractivity contribution in [3.05, 3.63) is 29.0 Å². The maximum Gasteiger partial charge on any atom is 0.129 e. The molecule has 3 unspecified atom stereocenters. The number of pyridine rings is 1. The van der Waals surface area contributed by atoms with Crippen LogP contribution in [0, 0.1) is 0 Å². The summed E-state index contributed by atoms with van der Waals surface area (Å²) in [6.45, 7) is 0. The number of likely N-dealkylation sites (N-methyl/N-ethyl adjacent to an activating group) is 1. The van der Waals surface area contributed by atoms with E-state index in [-0.39, 0.29) is 6.04 Å². The number of rotatable bonds is 1. The Balaban J connectivity index is 1.99. The van der Waals surface area contributed by atoms with E-state index in [4.69, 9.17) is 11.6 Å². The van der Waals surface area contributed by atoms with Gasteiger partial charge in [0.2, 0.25) is 0 Å². The molecule has 4 heteroatoms. The van der Waals surface area contributed by atoms with Gasteiger partial charge in [-0.25, -0.2) is 4.98 Å². The van der Waals surface area contributed by atoms with Crippen molar-refractivity contribution in [2.75, 3.05) is 7.05 Å². The minimum Gasteiger partial charge on any atom is -0.383 e. The van der Waals surface area contributed by atoms with Gasteiger partial charge in [-0.3, -0.25) is 4.90 Å². The molecule has 3 rings (SSSR count). The van der Waals surface area contributed by atoms with Crippen molar-refractivity contribution in [3.8, 4) is 0 Å². The standard InChI is InChI=1S/C14H19ClN2O/c1-17-11-3-2-8-14(18,12(17)6-5-11)10-4-7-13(15)16-9-10/h4,7,9,11-12,18H,2-3,5-6,8H2,1H3. The zero-order valence-corrected chi connectivity index (χ0v) is 11.4. The minimum atomic E-state index is -0.766. The fourth-order valence-electron chi connectivity index (χ4n) is 3.68. The van der Waals surface area contributed by atoms with Crippen LogP contribution in [0.1, 0.15) is 37.7 Å². The van der Waals surface area contributed by atoms with Crippen LogP contribution in [0.2, 0.25) is 5.15 Å². The monoisotopic (exact) mass is 266 g/mol. The first-order chi connectivity index (χ1) is 8.61. The van der Waals surface area contributed by atoms with Gasteiger partial charge in [0.15, 0.2) is 0 Å². The molecule has 3 atom stereocenters. The van der Waals surface area contributed by atoms with Crippen LogP contribution in [0.3, 0.4) is 0 Å². The number of halogens is 1. The van der Waals surface area contributed by atoms with E-state index in [0.29, 0.717) is 11.2 Å². The van der Waals surface area contributed by atoms with Crippen molar-refractivity contribution >= 4 is 11.6 Å². The van der Waals surface area contributed by atoms with Gasteiger partial charge in [0.25, 0.3) is 0 Å². The van der Waals surface area contributed by atoms with Gasteiger partial charge >= 0.3 is 0 Å². The SMILES string of the molecule is CN1C2CCCC(O)(c3ccc(Cl)nc3)C1CC2. The van der Waals surface area contributed by atoms with Gasteiger partial charge in [-0.15, -0.1) is 0 Å². The summed E-state index contributed by atoms with van der Waals surface area (Å²) in [7, 11) is 2.14. The number of hydrogen-bond donors (Lipinski definition) is 1.